The van der Waals surface area contributed by atoms with E-state index in [4.69, 9.17) is 0 Å². The lowest BCUT2D eigenvalue weighted by Crippen LogP contribution is -2.10. The van der Waals surface area contributed by atoms with E-state index in [-0.39, 0.29) is 16.9 Å². The minimum Gasteiger partial charge on any atom is -0.335 e. The van der Waals surface area contributed by atoms with Gasteiger partial charge in [0.25, 0.3) is 0 Å². The smallest absolute Gasteiger partial charge is 0.335 e. The van der Waals surface area contributed by atoms with Crippen LogP contribution in [0.3, 0.4) is 0 Å². The third-order valence-corrected chi connectivity index (χ3v) is 3.02. The van der Waals surface area contributed by atoms with Crippen LogP contribution in [0.4, 0.5) is 13.2 Å². The molecule has 20 heavy (non-hydrogen) atoms. The summed E-state index contributed by atoms with van der Waals surface area (Å²) < 4.78 is 40.9. The highest BCUT2D eigenvalue weighted by molar-refractivity contribution is 5.81. The minimum absolute atomic E-state index is 0.0136. The fourth-order valence-corrected chi connectivity index (χ4v) is 2.07. The van der Waals surface area contributed by atoms with E-state index >= 15 is 0 Å². The first kappa shape index (κ1) is 12.7. The minimum atomic E-state index is -4.51. The summed E-state index contributed by atoms with van der Waals surface area (Å²) in [6.07, 6.45) is -2.96. The Morgan fingerprint density at radius 1 is 1.00 bits per heavy atom. The van der Waals surface area contributed by atoms with Crippen molar-refractivity contribution in [2.24, 2.45) is 7.05 Å². The van der Waals surface area contributed by atoms with Crippen molar-refractivity contribution < 1.29 is 13.2 Å². The molecule has 102 valence electrons. The third kappa shape index (κ3) is 2.03. The van der Waals surface area contributed by atoms with Crippen LogP contribution in [-0.4, -0.2) is 14.5 Å². The first-order valence-corrected chi connectivity index (χ1v) is 5.92. The Balaban J connectivity index is 2.33. The number of rotatable bonds is 1. The lowest BCUT2D eigenvalue weighted by molar-refractivity contribution is -0.139. The van der Waals surface area contributed by atoms with Crippen molar-refractivity contribution >= 4 is 11.0 Å². The zero-order valence-corrected chi connectivity index (χ0v) is 10.5. The fourth-order valence-electron chi connectivity index (χ4n) is 2.07. The molecule has 0 atom stereocenters. The van der Waals surface area contributed by atoms with Gasteiger partial charge in [0, 0.05) is 24.2 Å². The van der Waals surface area contributed by atoms with E-state index in [0.717, 1.165) is 0 Å². The van der Waals surface area contributed by atoms with Crippen molar-refractivity contribution in [2.45, 2.75) is 6.18 Å². The summed E-state index contributed by atoms with van der Waals surface area (Å²) in [5.41, 5.74) is -0.0748. The number of alkyl halides is 3. The largest absolute Gasteiger partial charge is 0.434 e. The molecule has 0 amide bonds. The summed E-state index contributed by atoms with van der Waals surface area (Å²) in [6.45, 7) is 0. The van der Waals surface area contributed by atoms with Crippen LogP contribution in [0.25, 0.3) is 22.4 Å². The molecular formula is C14H10F3N3. The molecule has 3 aromatic rings. The van der Waals surface area contributed by atoms with Gasteiger partial charge in [0.15, 0.2) is 11.5 Å². The average molecular weight is 277 g/mol. The molecule has 0 bridgehead atoms. The number of aromatic nitrogens is 3. The Bertz CT molecular complexity index is 760. The third-order valence-electron chi connectivity index (χ3n) is 3.02. The molecule has 3 nitrogen and oxygen atoms in total. The van der Waals surface area contributed by atoms with E-state index in [2.05, 4.69) is 9.97 Å². The second-order valence-corrected chi connectivity index (χ2v) is 4.42. The normalized spacial score (nSPS) is 12.0. The van der Waals surface area contributed by atoms with Crippen molar-refractivity contribution in [3.63, 3.8) is 0 Å². The fraction of sp³-hybridized carbons (Fsp3) is 0.143. The molecule has 0 aliphatic heterocycles. The maximum Gasteiger partial charge on any atom is 0.434 e. The van der Waals surface area contributed by atoms with Gasteiger partial charge in [-0.2, -0.15) is 13.2 Å². The molecular weight excluding hydrogens is 267 g/mol. The van der Waals surface area contributed by atoms with Gasteiger partial charge in [-0.3, -0.25) is 0 Å². The Hall–Kier alpha value is -2.37. The highest BCUT2D eigenvalue weighted by atomic mass is 19.4. The maximum atomic E-state index is 13.1. The van der Waals surface area contributed by atoms with Gasteiger partial charge >= 0.3 is 6.18 Å². The zero-order chi connectivity index (χ0) is 14.3. The lowest BCUT2D eigenvalue weighted by Gasteiger charge is -2.10. The topological polar surface area (TPSA) is 30.7 Å². The molecule has 0 spiro atoms. The summed E-state index contributed by atoms with van der Waals surface area (Å²) >= 11 is 0. The Kier molecular flexibility index (Phi) is 2.74. The van der Waals surface area contributed by atoms with Gasteiger partial charge in [0.2, 0.25) is 0 Å². The second kappa shape index (κ2) is 4.33. The van der Waals surface area contributed by atoms with Gasteiger partial charge in [-0.1, -0.05) is 30.3 Å². The molecule has 6 heteroatoms. The van der Waals surface area contributed by atoms with Crippen molar-refractivity contribution in [3.8, 4) is 11.4 Å². The Morgan fingerprint density at radius 2 is 1.70 bits per heavy atom. The molecule has 0 N–H and O–H groups in total. The van der Waals surface area contributed by atoms with E-state index in [1.165, 1.54) is 6.07 Å². The number of halogens is 3. The molecule has 0 saturated carbocycles. The van der Waals surface area contributed by atoms with Gasteiger partial charge < -0.3 is 4.57 Å². The number of hydrogen-bond acceptors (Lipinski definition) is 2. The molecule has 0 aliphatic rings. The van der Waals surface area contributed by atoms with Crippen molar-refractivity contribution in [1.29, 1.82) is 0 Å². The summed E-state index contributed by atoms with van der Waals surface area (Å²) in [7, 11) is 1.66. The van der Waals surface area contributed by atoms with Crippen LogP contribution in [0.1, 0.15) is 5.69 Å². The van der Waals surface area contributed by atoms with Crippen LogP contribution in [0.5, 0.6) is 0 Å². The highest BCUT2D eigenvalue weighted by Gasteiger charge is 2.36. The van der Waals surface area contributed by atoms with Crippen molar-refractivity contribution in [3.05, 3.63) is 48.3 Å². The van der Waals surface area contributed by atoms with Crippen LogP contribution in [0, 0.1) is 0 Å². The number of benzene rings is 1. The Morgan fingerprint density at radius 3 is 2.35 bits per heavy atom. The predicted molar refractivity (Wildman–Crippen MR) is 68.9 cm³/mol. The van der Waals surface area contributed by atoms with E-state index < -0.39 is 11.9 Å². The van der Waals surface area contributed by atoms with Gasteiger partial charge in [-0.05, 0) is 6.07 Å². The van der Waals surface area contributed by atoms with Crippen molar-refractivity contribution in [2.75, 3.05) is 0 Å². The van der Waals surface area contributed by atoms with Gasteiger partial charge in [0.05, 0.1) is 0 Å². The van der Waals surface area contributed by atoms with Crippen LogP contribution in [0.2, 0.25) is 0 Å². The first-order chi connectivity index (χ1) is 9.47. The molecule has 0 aliphatic carbocycles. The number of fused-ring (bicyclic) bond motifs is 1. The van der Waals surface area contributed by atoms with Crippen LogP contribution in [-0.2, 0) is 13.2 Å². The number of nitrogens with zero attached hydrogens (tertiary/aromatic N) is 3. The monoisotopic (exact) mass is 277 g/mol. The highest BCUT2D eigenvalue weighted by Crippen LogP contribution is 2.34. The molecule has 0 unspecified atom stereocenters. The zero-order valence-electron chi connectivity index (χ0n) is 10.5. The van der Waals surface area contributed by atoms with Crippen LogP contribution >= 0.6 is 0 Å². The SMILES string of the molecule is Cn1ccc2c(C(F)(F)F)nc(-c3ccccc3)nc21. The summed E-state index contributed by atoms with van der Waals surface area (Å²) in [5, 5.41) is 0.0136. The first-order valence-electron chi connectivity index (χ1n) is 5.92. The second-order valence-electron chi connectivity index (χ2n) is 4.42. The van der Waals surface area contributed by atoms with E-state index in [0.29, 0.717) is 5.56 Å². The lowest BCUT2D eigenvalue weighted by atomic mass is 10.2. The Labute approximate surface area is 112 Å². The van der Waals surface area contributed by atoms with Crippen molar-refractivity contribution in [1.82, 2.24) is 14.5 Å². The molecule has 0 radical (unpaired) electrons. The quantitative estimate of drug-likeness (QED) is 0.679. The van der Waals surface area contributed by atoms with Gasteiger partial charge in [0.1, 0.15) is 5.65 Å². The molecule has 0 saturated heterocycles. The van der Waals surface area contributed by atoms with Crippen LogP contribution < -0.4 is 0 Å². The van der Waals surface area contributed by atoms with E-state index in [9.17, 15) is 13.2 Å². The van der Waals surface area contributed by atoms with E-state index in [1.807, 2.05) is 0 Å². The summed E-state index contributed by atoms with van der Waals surface area (Å²) in [4.78, 5) is 7.94. The molecule has 1 aromatic carbocycles. The molecule has 2 aromatic heterocycles. The molecule has 2 heterocycles. The average Bonchev–Trinajstić information content (AvgIpc) is 2.79. The summed E-state index contributed by atoms with van der Waals surface area (Å²) in [5.74, 6) is 0.0761. The molecule has 3 rings (SSSR count). The van der Waals surface area contributed by atoms with Gasteiger partial charge in [-0.25, -0.2) is 9.97 Å². The molecule has 0 fully saturated rings. The van der Waals surface area contributed by atoms with Gasteiger partial charge in [-0.15, -0.1) is 0 Å². The standard InChI is InChI=1S/C14H10F3N3/c1-20-8-7-10-11(14(15,16)17)18-12(19-13(10)20)9-5-3-2-4-6-9/h2-8H,1H3. The summed E-state index contributed by atoms with van der Waals surface area (Å²) in [6, 6.07) is 10.0. The maximum absolute atomic E-state index is 13.1. The van der Waals surface area contributed by atoms with Crippen LogP contribution in [0.15, 0.2) is 42.6 Å². The van der Waals surface area contributed by atoms with E-state index in [1.54, 1.807) is 48.1 Å². The number of aryl methyl sites for hydroxylation is 1. The number of hydrogen-bond donors (Lipinski definition) is 0. The predicted octanol–water partition coefficient (Wildman–Crippen LogP) is 3.65.